The molecule has 35 heavy (non-hydrogen) atoms. The lowest BCUT2D eigenvalue weighted by atomic mass is 10.0. The van der Waals surface area contributed by atoms with Gasteiger partial charge in [-0.15, -0.1) is 0 Å². The number of nitrogens with two attached hydrogens (primary N) is 1. The Labute approximate surface area is 210 Å². The lowest BCUT2D eigenvalue weighted by Crippen LogP contribution is -2.18. The number of carboxylic acid groups (broad SMARTS) is 1. The topological polar surface area (TPSA) is 109 Å². The Morgan fingerprint density at radius 1 is 1.17 bits per heavy atom. The average Bonchev–Trinajstić information content (AvgIpc) is 3.37. The van der Waals surface area contributed by atoms with Gasteiger partial charge >= 0.3 is 5.97 Å². The van der Waals surface area contributed by atoms with Crippen LogP contribution in [-0.2, 0) is 11.3 Å². The van der Waals surface area contributed by atoms with Gasteiger partial charge in [-0.05, 0) is 104 Å². The number of hydrogen-bond acceptors (Lipinski definition) is 6. The third-order valence-corrected chi connectivity index (χ3v) is 6.55. The quantitative estimate of drug-likeness (QED) is 0.306. The first-order chi connectivity index (χ1) is 16.9. The number of likely N-dealkylation sites (tertiary alicyclic amines) is 1. The van der Waals surface area contributed by atoms with E-state index in [1.807, 2.05) is 19.3 Å². The molecule has 1 amide bonds. The zero-order valence-electron chi connectivity index (χ0n) is 20.1. The monoisotopic (exact) mass is 492 g/mol. The van der Waals surface area contributed by atoms with Crippen molar-refractivity contribution < 1.29 is 14.7 Å². The number of aromatic carboxylic acids is 1. The van der Waals surface area contributed by atoms with E-state index in [9.17, 15) is 9.59 Å². The lowest BCUT2D eigenvalue weighted by Gasteiger charge is -2.15. The Balaban J connectivity index is 0.000000214. The molecule has 0 bridgehead atoms. The van der Waals surface area contributed by atoms with E-state index in [2.05, 4.69) is 46.4 Å². The first-order valence-electron chi connectivity index (χ1n) is 11.6. The van der Waals surface area contributed by atoms with E-state index >= 15 is 0 Å². The van der Waals surface area contributed by atoms with Crippen LogP contribution in [0.2, 0.25) is 0 Å². The Bertz CT molecular complexity index is 1130. The summed E-state index contributed by atoms with van der Waals surface area (Å²) < 4.78 is 0. The van der Waals surface area contributed by atoms with E-state index in [0.29, 0.717) is 6.41 Å². The molecular weight excluding hydrogens is 460 g/mol. The summed E-state index contributed by atoms with van der Waals surface area (Å²) in [4.78, 5) is 28.7. The van der Waals surface area contributed by atoms with Crippen LogP contribution in [-0.4, -0.2) is 40.5 Å². The normalized spacial score (nSPS) is 14.0. The van der Waals surface area contributed by atoms with Gasteiger partial charge in [0.1, 0.15) is 0 Å². The van der Waals surface area contributed by atoms with Gasteiger partial charge in [-0.1, -0.05) is 18.2 Å². The number of nitrogens with one attached hydrogen (secondary N) is 1. The summed E-state index contributed by atoms with van der Waals surface area (Å²) in [5.41, 5.74) is 6.09. The van der Waals surface area contributed by atoms with Gasteiger partial charge in [0.05, 0.1) is 11.6 Å². The SMILES string of the molecule is CC(NC=O)c1ccc(C(=O)O)cc1.Cc1cc(SN)ccc1-c1cncc(CN2CCCC2)c1. The minimum Gasteiger partial charge on any atom is -0.478 e. The zero-order chi connectivity index (χ0) is 25.2. The first-order valence-corrected chi connectivity index (χ1v) is 12.5. The van der Waals surface area contributed by atoms with Crippen LogP contribution in [0.1, 0.15) is 52.9 Å². The number of carboxylic acids is 1. The molecule has 0 spiro atoms. The second-order valence-electron chi connectivity index (χ2n) is 8.59. The zero-order valence-corrected chi connectivity index (χ0v) is 20.9. The Morgan fingerprint density at radius 3 is 2.49 bits per heavy atom. The van der Waals surface area contributed by atoms with Crippen LogP contribution in [0.3, 0.4) is 0 Å². The first kappa shape index (κ1) is 26.4. The molecule has 2 heterocycles. The minimum absolute atomic E-state index is 0.102. The summed E-state index contributed by atoms with van der Waals surface area (Å²) in [5, 5.41) is 16.9. The Hall–Kier alpha value is -3.20. The number of aromatic nitrogens is 1. The summed E-state index contributed by atoms with van der Waals surface area (Å²) in [7, 11) is 0. The van der Waals surface area contributed by atoms with Crippen molar-refractivity contribution in [3.8, 4) is 11.1 Å². The van der Waals surface area contributed by atoms with Crippen LogP contribution in [0.15, 0.2) is 65.8 Å². The van der Waals surface area contributed by atoms with Crippen LogP contribution >= 0.6 is 11.9 Å². The molecule has 1 fully saturated rings. The number of carbonyl (C=O) groups is 2. The highest BCUT2D eigenvalue weighted by atomic mass is 32.2. The van der Waals surface area contributed by atoms with E-state index in [1.54, 1.807) is 12.1 Å². The fraction of sp³-hybridized carbons (Fsp3) is 0.296. The molecule has 1 unspecified atom stereocenters. The number of aryl methyl sites for hydroxylation is 1. The second-order valence-corrected chi connectivity index (χ2v) is 9.30. The van der Waals surface area contributed by atoms with Crippen molar-refractivity contribution in [2.75, 3.05) is 13.1 Å². The molecular formula is C27H32N4O3S. The van der Waals surface area contributed by atoms with Gasteiger partial charge in [0.2, 0.25) is 6.41 Å². The molecule has 1 aromatic heterocycles. The van der Waals surface area contributed by atoms with E-state index in [4.69, 9.17) is 10.2 Å². The highest BCUT2D eigenvalue weighted by Crippen LogP contribution is 2.27. The van der Waals surface area contributed by atoms with Crippen molar-refractivity contribution >= 4 is 24.3 Å². The molecule has 7 nitrogen and oxygen atoms in total. The second kappa shape index (κ2) is 13.0. The summed E-state index contributed by atoms with van der Waals surface area (Å²) in [6.45, 7) is 7.39. The number of amides is 1. The van der Waals surface area contributed by atoms with E-state index < -0.39 is 5.97 Å². The number of pyridine rings is 1. The van der Waals surface area contributed by atoms with Crippen LogP contribution < -0.4 is 10.5 Å². The number of hydrogen-bond donors (Lipinski definition) is 3. The molecule has 3 aromatic rings. The third-order valence-electron chi connectivity index (χ3n) is 6.02. The van der Waals surface area contributed by atoms with Crippen molar-refractivity contribution in [3.63, 3.8) is 0 Å². The number of nitrogens with zero attached hydrogens (tertiary/aromatic N) is 2. The fourth-order valence-corrected chi connectivity index (χ4v) is 4.46. The number of carbonyl (C=O) groups excluding carboxylic acids is 1. The predicted octanol–water partition coefficient (Wildman–Crippen LogP) is 4.81. The molecule has 0 saturated carbocycles. The molecule has 8 heteroatoms. The highest BCUT2D eigenvalue weighted by molar-refractivity contribution is 7.97. The molecule has 4 rings (SSSR count). The van der Waals surface area contributed by atoms with Gasteiger partial charge in [-0.3, -0.25) is 19.8 Å². The molecule has 1 atom stereocenters. The van der Waals surface area contributed by atoms with Gasteiger partial charge in [0.15, 0.2) is 0 Å². The molecule has 2 aromatic carbocycles. The molecule has 0 aliphatic carbocycles. The molecule has 0 radical (unpaired) electrons. The maximum atomic E-state index is 10.5. The molecule has 1 aliphatic heterocycles. The molecule has 1 aliphatic rings. The number of benzene rings is 2. The van der Waals surface area contributed by atoms with E-state index in [1.165, 1.54) is 72.3 Å². The van der Waals surface area contributed by atoms with Crippen molar-refractivity contribution in [2.24, 2.45) is 5.14 Å². The van der Waals surface area contributed by atoms with E-state index in [-0.39, 0.29) is 11.6 Å². The summed E-state index contributed by atoms with van der Waals surface area (Å²) in [6.07, 6.45) is 7.21. The van der Waals surface area contributed by atoms with Crippen molar-refractivity contribution in [1.29, 1.82) is 0 Å². The highest BCUT2D eigenvalue weighted by Gasteiger charge is 2.13. The Morgan fingerprint density at radius 2 is 1.89 bits per heavy atom. The lowest BCUT2D eigenvalue weighted by molar-refractivity contribution is -0.110. The number of rotatable bonds is 8. The van der Waals surface area contributed by atoms with Gasteiger partial charge < -0.3 is 10.4 Å². The third kappa shape index (κ3) is 7.65. The molecule has 184 valence electrons. The fourth-order valence-electron chi connectivity index (χ4n) is 4.07. The maximum absolute atomic E-state index is 10.5. The predicted molar refractivity (Wildman–Crippen MR) is 140 cm³/mol. The summed E-state index contributed by atoms with van der Waals surface area (Å²) in [5.74, 6) is -0.951. The van der Waals surface area contributed by atoms with Crippen molar-refractivity contribution in [3.05, 3.63) is 83.2 Å². The van der Waals surface area contributed by atoms with Crippen molar-refractivity contribution in [1.82, 2.24) is 15.2 Å². The largest absolute Gasteiger partial charge is 0.478 e. The summed E-state index contributed by atoms with van der Waals surface area (Å²) in [6, 6.07) is 14.9. The van der Waals surface area contributed by atoms with Gasteiger partial charge in [-0.25, -0.2) is 4.79 Å². The van der Waals surface area contributed by atoms with Gasteiger partial charge in [0.25, 0.3) is 0 Å². The maximum Gasteiger partial charge on any atom is 0.335 e. The average molecular weight is 493 g/mol. The minimum atomic E-state index is -0.951. The van der Waals surface area contributed by atoms with Crippen molar-refractivity contribution in [2.45, 2.75) is 44.2 Å². The van der Waals surface area contributed by atoms with Crippen LogP contribution in [0.5, 0.6) is 0 Å². The standard InChI is InChI=1S/C17H21N3S.C10H11NO3/c1-13-8-16(21-18)4-5-17(13)15-9-14(10-19-11-15)12-20-6-2-3-7-20;1-7(11-6-12)8-2-4-9(5-3-8)10(13)14/h4-5,8-11H,2-3,6-7,12,18H2,1H3;2-7H,1H3,(H,11,12)(H,13,14). The smallest absolute Gasteiger partial charge is 0.335 e. The molecule has 1 saturated heterocycles. The molecule has 4 N–H and O–H groups in total. The van der Waals surface area contributed by atoms with E-state index in [0.717, 1.165) is 17.0 Å². The van der Waals surface area contributed by atoms with Gasteiger partial charge in [0, 0.05) is 29.4 Å². The van der Waals surface area contributed by atoms with Crippen LogP contribution in [0.25, 0.3) is 11.1 Å². The Kier molecular flexibility index (Phi) is 9.84. The van der Waals surface area contributed by atoms with Crippen LogP contribution in [0, 0.1) is 6.92 Å². The van der Waals surface area contributed by atoms with Gasteiger partial charge in [-0.2, -0.15) is 0 Å². The summed E-state index contributed by atoms with van der Waals surface area (Å²) >= 11 is 1.29. The van der Waals surface area contributed by atoms with Crippen LogP contribution in [0.4, 0.5) is 0 Å².